The number of nitrogens with one attached hydrogen (secondary N) is 1. The fourth-order valence-electron chi connectivity index (χ4n) is 3.69. The lowest BCUT2D eigenvalue weighted by Crippen LogP contribution is -2.29. The van der Waals surface area contributed by atoms with Gasteiger partial charge in [0.25, 0.3) is 0 Å². The summed E-state index contributed by atoms with van der Waals surface area (Å²) >= 11 is 0. The quantitative estimate of drug-likeness (QED) is 0.768. The molecule has 3 aromatic rings. The van der Waals surface area contributed by atoms with E-state index in [2.05, 4.69) is 20.5 Å². The highest BCUT2D eigenvalue weighted by atomic mass is 16.5. The summed E-state index contributed by atoms with van der Waals surface area (Å²) in [5.41, 5.74) is 2.86. The van der Waals surface area contributed by atoms with Crippen molar-refractivity contribution in [3.63, 3.8) is 0 Å². The van der Waals surface area contributed by atoms with Gasteiger partial charge in [0.15, 0.2) is 5.82 Å². The smallest absolute Gasteiger partial charge is 0.228 e. The van der Waals surface area contributed by atoms with Gasteiger partial charge in [0, 0.05) is 31.0 Å². The first-order valence-corrected chi connectivity index (χ1v) is 9.22. The molecule has 1 amide bonds. The highest BCUT2D eigenvalue weighted by Gasteiger charge is 2.26. The summed E-state index contributed by atoms with van der Waals surface area (Å²) in [6, 6.07) is 7.85. The number of ether oxygens (including phenoxy) is 1. The Morgan fingerprint density at radius 1 is 1.19 bits per heavy atom. The molecule has 0 atom stereocenters. The van der Waals surface area contributed by atoms with Gasteiger partial charge in [-0.05, 0) is 43.9 Å². The number of fused-ring (bicyclic) bond motifs is 1. The third-order valence-electron chi connectivity index (χ3n) is 5.33. The van der Waals surface area contributed by atoms with Crippen molar-refractivity contribution in [3.05, 3.63) is 36.8 Å². The molecular weight excluding hydrogens is 342 g/mol. The average molecular weight is 365 g/mol. The molecule has 27 heavy (non-hydrogen) atoms. The predicted octanol–water partition coefficient (Wildman–Crippen LogP) is 3.17. The number of amides is 1. The molecule has 0 spiro atoms. The normalized spacial score (nSPS) is 19.9. The van der Waals surface area contributed by atoms with E-state index in [1.165, 1.54) is 0 Å². The van der Waals surface area contributed by atoms with Crippen LogP contribution in [0.3, 0.4) is 0 Å². The standard InChI is InChI=1S/C20H23N5O2/c1-25-12-21-11-18(25)14-5-8-17-15(9-14)10-19(24-23-17)22-20(26)13-3-6-16(27-2)7-4-13/h5,8-13,16H,3-4,6-7H2,1-2H3,(H,22,24,26)/t13-,16-. The fourth-order valence-corrected chi connectivity index (χ4v) is 3.69. The average Bonchev–Trinajstić information content (AvgIpc) is 3.13. The van der Waals surface area contributed by atoms with Crippen LogP contribution < -0.4 is 5.32 Å². The molecule has 0 bridgehead atoms. The molecule has 1 aromatic carbocycles. The van der Waals surface area contributed by atoms with E-state index in [4.69, 9.17) is 4.74 Å². The molecule has 1 fully saturated rings. The lowest BCUT2D eigenvalue weighted by atomic mass is 9.87. The number of hydrogen-bond donors (Lipinski definition) is 1. The summed E-state index contributed by atoms with van der Waals surface area (Å²) in [6.45, 7) is 0. The predicted molar refractivity (Wildman–Crippen MR) is 103 cm³/mol. The fraction of sp³-hybridized carbons (Fsp3) is 0.400. The Kier molecular flexibility index (Phi) is 4.85. The maximum atomic E-state index is 12.6. The van der Waals surface area contributed by atoms with Crippen molar-refractivity contribution >= 4 is 22.6 Å². The number of carbonyl (C=O) groups is 1. The summed E-state index contributed by atoms with van der Waals surface area (Å²) in [7, 11) is 3.69. The van der Waals surface area contributed by atoms with Crippen molar-refractivity contribution < 1.29 is 9.53 Å². The molecule has 1 N–H and O–H groups in total. The molecule has 7 heteroatoms. The van der Waals surface area contributed by atoms with E-state index in [1.807, 2.05) is 42.1 Å². The van der Waals surface area contributed by atoms with E-state index in [9.17, 15) is 4.79 Å². The van der Waals surface area contributed by atoms with E-state index in [1.54, 1.807) is 13.4 Å². The number of imidazole rings is 1. The molecular formula is C20H23N5O2. The van der Waals surface area contributed by atoms with Crippen LogP contribution in [-0.2, 0) is 16.6 Å². The first kappa shape index (κ1) is 17.6. The molecule has 1 aliphatic rings. The van der Waals surface area contributed by atoms with E-state index in [-0.39, 0.29) is 17.9 Å². The highest BCUT2D eigenvalue weighted by molar-refractivity contribution is 5.94. The minimum atomic E-state index is 0.00896. The van der Waals surface area contributed by atoms with Crippen molar-refractivity contribution in [1.82, 2.24) is 19.7 Å². The van der Waals surface area contributed by atoms with Crippen LogP contribution in [0.15, 0.2) is 36.8 Å². The number of methoxy groups -OCH3 is 1. The van der Waals surface area contributed by atoms with Crippen LogP contribution >= 0.6 is 0 Å². The van der Waals surface area contributed by atoms with Crippen molar-refractivity contribution in [1.29, 1.82) is 0 Å². The van der Waals surface area contributed by atoms with E-state index in [0.717, 1.165) is 47.8 Å². The summed E-state index contributed by atoms with van der Waals surface area (Å²) in [4.78, 5) is 16.7. The monoisotopic (exact) mass is 365 g/mol. The van der Waals surface area contributed by atoms with Crippen LogP contribution in [-0.4, -0.2) is 38.9 Å². The van der Waals surface area contributed by atoms with Gasteiger partial charge in [0.2, 0.25) is 5.91 Å². The molecule has 7 nitrogen and oxygen atoms in total. The van der Waals surface area contributed by atoms with Gasteiger partial charge >= 0.3 is 0 Å². The second-order valence-electron chi connectivity index (χ2n) is 7.09. The van der Waals surface area contributed by atoms with Crippen LogP contribution in [0.25, 0.3) is 22.2 Å². The molecule has 2 aromatic heterocycles. The topological polar surface area (TPSA) is 81.9 Å². The zero-order valence-electron chi connectivity index (χ0n) is 15.6. The zero-order chi connectivity index (χ0) is 18.8. The lowest BCUT2D eigenvalue weighted by molar-refractivity contribution is -0.121. The van der Waals surface area contributed by atoms with E-state index in [0.29, 0.717) is 5.82 Å². The first-order valence-electron chi connectivity index (χ1n) is 9.22. The van der Waals surface area contributed by atoms with Gasteiger partial charge < -0.3 is 14.6 Å². The maximum absolute atomic E-state index is 12.6. The first-order chi connectivity index (χ1) is 13.1. The summed E-state index contributed by atoms with van der Waals surface area (Å²) in [5.74, 6) is 0.513. The Bertz CT molecular complexity index is 960. The Balaban J connectivity index is 1.52. The van der Waals surface area contributed by atoms with Crippen LogP contribution in [0.1, 0.15) is 25.7 Å². The number of anilines is 1. The second kappa shape index (κ2) is 7.44. The number of carbonyl (C=O) groups excluding carboxylic acids is 1. The number of hydrogen-bond acceptors (Lipinski definition) is 5. The van der Waals surface area contributed by atoms with E-state index >= 15 is 0 Å². The highest BCUT2D eigenvalue weighted by Crippen LogP contribution is 2.28. The van der Waals surface area contributed by atoms with E-state index < -0.39 is 0 Å². The largest absolute Gasteiger partial charge is 0.381 e. The number of benzene rings is 1. The third kappa shape index (κ3) is 3.68. The van der Waals surface area contributed by atoms with Crippen LogP contribution in [0, 0.1) is 5.92 Å². The molecule has 0 saturated heterocycles. The second-order valence-corrected chi connectivity index (χ2v) is 7.09. The number of aromatic nitrogens is 4. The molecule has 1 aliphatic carbocycles. The molecule has 1 saturated carbocycles. The minimum absolute atomic E-state index is 0.00896. The Morgan fingerprint density at radius 2 is 2.00 bits per heavy atom. The van der Waals surface area contributed by atoms with Crippen LogP contribution in [0.5, 0.6) is 0 Å². The number of rotatable bonds is 4. The minimum Gasteiger partial charge on any atom is -0.381 e. The van der Waals surface area contributed by atoms with Gasteiger partial charge in [0.05, 0.1) is 29.8 Å². The van der Waals surface area contributed by atoms with Crippen molar-refractivity contribution in [2.45, 2.75) is 31.8 Å². The summed E-state index contributed by atoms with van der Waals surface area (Å²) in [6.07, 6.45) is 7.41. The Morgan fingerprint density at radius 3 is 2.70 bits per heavy atom. The third-order valence-corrected chi connectivity index (χ3v) is 5.33. The summed E-state index contributed by atoms with van der Waals surface area (Å²) in [5, 5.41) is 12.3. The molecule has 0 aliphatic heterocycles. The van der Waals surface area contributed by atoms with Gasteiger partial charge in [-0.25, -0.2) is 4.98 Å². The van der Waals surface area contributed by atoms with Crippen molar-refractivity contribution in [3.8, 4) is 11.3 Å². The molecule has 0 radical (unpaired) electrons. The SMILES string of the molecule is CO[C@H]1CC[C@H](C(=O)Nc2cc3cc(-c4cncn4C)ccc3nn2)CC1. The van der Waals surface area contributed by atoms with Gasteiger partial charge in [-0.15, -0.1) is 10.2 Å². The summed E-state index contributed by atoms with van der Waals surface area (Å²) < 4.78 is 7.34. The molecule has 0 unspecified atom stereocenters. The number of aryl methyl sites for hydroxylation is 1. The number of nitrogens with zero attached hydrogens (tertiary/aromatic N) is 4. The van der Waals surface area contributed by atoms with Crippen molar-refractivity contribution in [2.75, 3.05) is 12.4 Å². The Hall–Kier alpha value is -2.80. The van der Waals surface area contributed by atoms with Gasteiger partial charge in [-0.3, -0.25) is 4.79 Å². The molecule has 140 valence electrons. The molecule has 4 rings (SSSR count). The van der Waals surface area contributed by atoms with Gasteiger partial charge in [-0.2, -0.15) is 0 Å². The van der Waals surface area contributed by atoms with Crippen molar-refractivity contribution in [2.24, 2.45) is 13.0 Å². The van der Waals surface area contributed by atoms with Crippen LogP contribution in [0.2, 0.25) is 0 Å². The molecule has 2 heterocycles. The Labute approximate surface area is 157 Å². The van der Waals surface area contributed by atoms with Gasteiger partial charge in [-0.1, -0.05) is 6.07 Å². The lowest BCUT2D eigenvalue weighted by Gasteiger charge is -2.26. The van der Waals surface area contributed by atoms with Gasteiger partial charge in [0.1, 0.15) is 0 Å². The van der Waals surface area contributed by atoms with Crippen LogP contribution in [0.4, 0.5) is 5.82 Å². The maximum Gasteiger partial charge on any atom is 0.228 e. The zero-order valence-corrected chi connectivity index (χ0v) is 15.6.